The average molecular weight is 254 g/mol. The molecule has 1 aliphatic carbocycles. The van der Waals surface area contributed by atoms with E-state index in [1.807, 2.05) is 6.92 Å². The van der Waals surface area contributed by atoms with Gasteiger partial charge in [-0.3, -0.25) is 4.79 Å². The van der Waals surface area contributed by atoms with Crippen LogP contribution in [0.3, 0.4) is 0 Å². The first-order valence-electron chi connectivity index (χ1n) is 7.66. The minimum absolute atomic E-state index is 0.125. The first kappa shape index (κ1) is 15.5. The molecule has 3 N–H and O–H groups in total. The van der Waals surface area contributed by atoms with Crippen LogP contribution in [0.5, 0.6) is 0 Å². The smallest absolute Gasteiger partial charge is 0.220 e. The molecule has 1 unspecified atom stereocenters. The largest absolute Gasteiger partial charge is 0.353 e. The lowest BCUT2D eigenvalue weighted by Crippen LogP contribution is -2.38. The van der Waals surface area contributed by atoms with Crippen molar-refractivity contribution in [3.63, 3.8) is 0 Å². The van der Waals surface area contributed by atoms with E-state index in [1.54, 1.807) is 0 Å². The van der Waals surface area contributed by atoms with Gasteiger partial charge in [0.1, 0.15) is 0 Å². The van der Waals surface area contributed by atoms with Crippen LogP contribution in [0.2, 0.25) is 0 Å². The minimum Gasteiger partial charge on any atom is -0.353 e. The highest BCUT2D eigenvalue weighted by Gasteiger charge is 2.21. The zero-order valence-corrected chi connectivity index (χ0v) is 12.1. The quantitative estimate of drug-likeness (QED) is 0.734. The van der Waals surface area contributed by atoms with Crippen molar-refractivity contribution in [1.82, 2.24) is 5.32 Å². The molecule has 3 heteroatoms. The van der Waals surface area contributed by atoms with Crippen molar-refractivity contribution in [1.29, 1.82) is 0 Å². The summed E-state index contributed by atoms with van der Waals surface area (Å²) in [4.78, 5) is 11.7. The van der Waals surface area contributed by atoms with E-state index in [1.165, 1.54) is 32.1 Å². The van der Waals surface area contributed by atoms with Crippen LogP contribution in [0, 0.1) is 5.92 Å². The van der Waals surface area contributed by atoms with Gasteiger partial charge in [0.25, 0.3) is 0 Å². The summed E-state index contributed by atoms with van der Waals surface area (Å²) in [5, 5.41) is 3.16. The van der Waals surface area contributed by atoms with E-state index < -0.39 is 0 Å². The molecule has 1 rings (SSSR count). The van der Waals surface area contributed by atoms with Crippen molar-refractivity contribution >= 4 is 5.91 Å². The minimum atomic E-state index is 0.125. The first-order chi connectivity index (χ1) is 8.61. The van der Waals surface area contributed by atoms with Crippen molar-refractivity contribution in [2.75, 3.05) is 0 Å². The number of nitrogens with two attached hydrogens (primary N) is 1. The van der Waals surface area contributed by atoms with Gasteiger partial charge < -0.3 is 11.1 Å². The first-order valence-corrected chi connectivity index (χ1v) is 7.66. The zero-order valence-electron chi connectivity index (χ0n) is 12.1. The summed E-state index contributed by atoms with van der Waals surface area (Å²) >= 11 is 0. The van der Waals surface area contributed by atoms with Gasteiger partial charge in [-0.1, -0.05) is 26.2 Å². The van der Waals surface area contributed by atoms with Crippen LogP contribution in [0.1, 0.15) is 71.6 Å². The molecule has 1 aliphatic rings. The molecule has 0 aromatic rings. The SMILES string of the molecule is CCCCC1CCC(NC(=O)CCC(C)N)CC1. The third-order valence-corrected chi connectivity index (χ3v) is 4.00. The number of nitrogens with one attached hydrogen (secondary N) is 1. The van der Waals surface area contributed by atoms with E-state index in [4.69, 9.17) is 5.73 Å². The fraction of sp³-hybridized carbons (Fsp3) is 0.933. The molecule has 0 heterocycles. The lowest BCUT2D eigenvalue weighted by Gasteiger charge is -2.29. The Labute approximate surface area is 112 Å². The fourth-order valence-electron chi connectivity index (χ4n) is 2.75. The molecule has 1 saturated carbocycles. The third kappa shape index (κ3) is 6.39. The fourth-order valence-corrected chi connectivity index (χ4v) is 2.75. The Bertz CT molecular complexity index is 233. The van der Waals surface area contributed by atoms with E-state index >= 15 is 0 Å². The third-order valence-electron chi connectivity index (χ3n) is 4.00. The monoisotopic (exact) mass is 254 g/mol. The number of carbonyl (C=O) groups excluding carboxylic acids is 1. The Kier molecular flexibility index (Phi) is 7.33. The van der Waals surface area contributed by atoms with Crippen LogP contribution in [0.15, 0.2) is 0 Å². The molecule has 1 atom stereocenters. The number of unbranched alkanes of at least 4 members (excludes halogenated alkanes) is 1. The van der Waals surface area contributed by atoms with Crippen molar-refractivity contribution in [2.45, 2.75) is 83.7 Å². The Hall–Kier alpha value is -0.570. The van der Waals surface area contributed by atoms with Gasteiger partial charge >= 0.3 is 0 Å². The van der Waals surface area contributed by atoms with Crippen LogP contribution >= 0.6 is 0 Å². The van der Waals surface area contributed by atoms with Gasteiger partial charge in [0.15, 0.2) is 0 Å². The molecule has 0 aliphatic heterocycles. The van der Waals surface area contributed by atoms with Crippen LogP contribution in [-0.2, 0) is 4.79 Å². The van der Waals surface area contributed by atoms with Gasteiger partial charge in [0.2, 0.25) is 5.91 Å². The summed E-state index contributed by atoms with van der Waals surface area (Å²) in [6.07, 6.45) is 10.3. The summed E-state index contributed by atoms with van der Waals surface area (Å²) in [5.74, 6) is 1.09. The van der Waals surface area contributed by atoms with Crippen molar-refractivity contribution in [3.05, 3.63) is 0 Å². The number of rotatable bonds is 7. The topological polar surface area (TPSA) is 55.1 Å². The maximum atomic E-state index is 11.7. The second kappa shape index (κ2) is 8.52. The van der Waals surface area contributed by atoms with E-state index in [9.17, 15) is 4.79 Å². The van der Waals surface area contributed by atoms with E-state index in [-0.39, 0.29) is 11.9 Å². The lowest BCUT2D eigenvalue weighted by atomic mass is 9.83. The normalized spacial score (nSPS) is 25.7. The van der Waals surface area contributed by atoms with Gasteiger partial charge in [-0.15, -0.1) is 0 Å². The van der Waals surface area contributed by atoms with Crippen LogP contribution in [0.25, 0.3) is 0 Å². The highest BCUT2D eigenvalue weighted by Crippen LogP contribution is 2.28. The number of amides is 1. The van der Waals surface area contributed by atoms with Crippen LogP contribution < -0.4 is 11.1 Å². The molecule has 0 saturated heterocycles. The second-order valence-corrected chi connectivity index (χ2v) is 5.94. The molecule has 18 heavy (non-hydrogen) atoms. The Morgan fingerprint density at radius 2 is 2.00 bits per heavy atom. The Morgan fingerprint density at radius 3 is 2.56 bits per heavy atom. The van der Waals surface area contributed by atoms with Crippen LogP contribution in [-0.4, -0.2) is 18.0 Å². The highest BCUT2D eigenvalue weighted by molar-refractivity contribution is 5.76. The van der Waals surface area contributed by atoms with Crippen LogP contribution in [0.4, 0.5) is 0 Å². The Balaban J connectivity index is 2.13. The summed E-state index contributed by atoms with van der Waals surface area (Å²) in [6.45, 7) is 4.20. The second-order valence-electron chi connectivity index (χ2n) is 5.94. The molecular weight excluding hydrogens is 224 g/mol. The predicted octanol–water partition coefficient (Wildman–Crippen LogP) is 2.98. The number of carbonyl (C=O) groups is 1. The summed E-state index contributed by atoms with van der Waals surface area (Å²) in [7, 11) is 0. The molecular formula is C15H30N2O. The highest BCUT2D eigenvalue weighted by atomic mass is 16.1. The van der Waals surface area contributed by atoms with Gasteiger partial charge in [-0.2, -0.15) is 0 Å². The number of hydrogen-bond acceptors (Lipinski definition) is 2. The van der Waals surface area contributed by atoms with Gasteiger partial charge in [-0.25, -0.2) is 0 Å². The molecule has 0 aromatic heterocycles. The molecule has 0 spiro atoms. The van der Waals surface area contributed by atoms with E-state index in [2.05, 4.69) is 12.2 Å². The average Bonchev–Trinajstić information content (AvgIpc) is 2.35. The number of hydrogen-bond donors (Lipinski definition) is 2. The molecule has 0 radical (unpaired) electrons. The summed E-state index contributed by atoms with van der Waals surface area (Å²) < 4.78 is 0. The predicted molar refractivity (Wildman–Crippen MR) is 76.3 cm³/mol. The standard InChI is InChI=1S/C15H30N2O/c1-3-4-5-13-7-9-14(10-8-13)17-15(18)11-6-12(2)16/h12-14H,3-11,16H2,1-2H3,(H,17,18). The Morgan fingerprint density at radius 1 is 1.33 bits per heavy atom. The lowest BCUT2D eigenvalue weighted by molar-refractivity contribution is -0.122. The van der Waals surface area contributed by atoms with Crippen molar-refractivity contribution < 1.29 is 4.79 Å². The van der Waals surface area contributed by atoms with Gasteiger partial charge in [0.05, 0.1) is 0 Å². The maximum absolute atomic E-state index is 11.7. The van der Waals surface area contributed by atoms with Gasteiger partial charge in [-0.05, 0) is 44.9 Å². The summed E-state index contributed by atoms with van der Waals surface area (Å²) in [5.41, 5.74) is 5.66. The molecule has 1 amide bonds. The molecule has 0 bridgehead atoms. The maximum Gasteiger partial charge on any atom is 0.220 e. The van der Waals surface area contributed by atoms with E-state index in [0.717, 1.165) is 25.2 Å². The molecule has 3 nitrogen and oxygen atoms in total. The van der Waals surface area contributed by atoms with Crippen molar-refractivity contribution in [3.8, 4) is 0 Å². The van der Waals surface area contributed by atoms with Crippen molar-refractivity contribution in [2.24, 2.45) is 11.7 Å². The summed E-state index contributed by atoms with van der Waals surface area (Å²) in [6, 6.07) is 0.545. The molecule has 106 valence electrons. The zero-order chi connectivity index (χ0) is 13.4. The molecule has 1 fully saturated rings. The van der Waals surface area contributed by atoms with Gasteiger partial charge in [0, 0.05) is 18.5 Å². The molecule has 0 aromatic carbocycles. The van der Waals surface area contributed by atoms with E-state index in [0.29, 0.717) is 12.5 Å².